The number of aliphatic hydroxyl groups excluding tert-OH is 1. The van der Waals surface area contributed by atoms with E-state index >= 15 is 0 Å². The van der Waals surface area contributed by atoms with Gasteiger partial charge in [0.05, 0.1) is 6.10 Å². The van der Waals surface area contributed by atoms with Crippen molar-refractivity contribution in [2.45, 2.75) is 39.2 Å². The zero-order chi connectivity index (χ0) is 11.1. The first kappa shape index (κ1) is 12.9. The van der Waals surface area contributed by atoms with Crippen LogP contribution in [0.1, 0.15) is 33.1 Å². The van der Waals surface area contributed by atoms with E-state index in [0.717, 1.165) is 39.1 Å². The summed E-state index contributed by atoms with van der Waals surface area (Å²) in [6, 6.07) is 0. The first-order chi connectivity index (χ1) is 7.24. The maximum atomic E-state index is 9.73. The van der Waals surface area contributed by atoms with Gasteiger partial charge in [0.1, 0.15) is 0 Å². The lowest BCUT2D eigenvalue weighted by molar-refractivity contribution is 0.0289. The number of β-amino-alcohol motifs (C(OH)–C–C–N with tert-alkyl or cyclic N) is 1. The molecule has 0 aliphatic carbocycles. The fraction of sp³-hybridized carbons (Fsp3) is 1.00. The Kier molecular flexibility index (Phi) is 6.22. The normalized spacial score (nSPS) is 28.2. The Morgan fingerprint density at radius 2 is 2.20 bits per heavy atom. The summed E-state index contributed by atoms with van der Waals surface area (Å²) >= 11 is 0. The maximum Gasteiger partial charge on any atom is 0.0693 e. The van der Waals surface area contributed by atoms with E-state index in [4.69, 9.17) is 0 Å². The first-order valence-corrected chi connectivity index (χ1v) is 6.35. The van der Waals surface area contributed by atoms with Crippen LogP contribution in [0.4, 0.5) is 0 Å². The van der Waals surface area contributed by atoms with Gasteiger partial charge >= 0.3 is 0 Å². The molecule has 90 valence electrons. The highest BCUT2D eigenvalue weighted by molar-refractivity contribution is 4.77. The molecule has 0 aromatic heterocycles. The number of nitrogens with zero attached hydrogens (tertiary/aromatic N) is 1. The third-order valence-electron chi connectivity index (χ3n) is 3.26. The second-order valence-corrected chi connectivity index (χ2v) is 4.74. The van der Waals surface area contributed by atoms with Gasteiger partial charge in [-0.3, -0.25) is 0 Å². The van der Waals surface area contributed by atoms with Crippen molar-refractivity contribution in [1.82, 2.24) is 10.2 Å². The summed E-state index contributed by atoms with van der Waals surface area (Å²) in [5.41, 5.74) is 0. The second kappa shape index (κ2) is 7.20. The van der Waals surface area contributed by atoms with Crippen LogP contribution in [0, 0.1) is 5.92 Å². The van der Waals surface area contributed by atoms with Crippen molar-refractivity contribution in [3.05, 3.63) is 0 Å². The fourth-order valence-electron chi connectivity index (χ4n) is 2.05. The zero-order valence-electron chi connectivity index (χ0n) is 10.2. The molecule has 2 N–H and O–H groups in total. The smallest absolute Gasteiger partial charge is 0.0693 e. The van der Waals surface area contributed by atoms with Crippen molar-refractivity contribution in [2.75, 3.05) is 32.7 Å². The quantitative estimate of drug-likeness (QED) is 0.650. The van der Waals surface area contributed by atoms with Gasteiger partial charge in [-0.2, -0.15) is 0 Å². The van der Waals surface area contributed by atoms with E-state index in [1.165, 1.54) is 12.8 Å². The van der Waals surface area contributed by atoms with E-state index in [1.807, 2.05) is 0 Å². The Morgan fingerprint density at radius 3 is 2.87 bits per heavy atom. The van der Waals surface area contributed by atoms with Gasteiger partial charge in [-0.05, 0) is 51.4 Å². The monoisotopic (exact) mass is 214 g/mol. The number of piperidine rings is 1. The highest BCUT2D eigenvalue weighted by Crippen LogP contribution is 2.16. The van der Waals surface area contributed by atoms with E-state index in [9.17, 15) is 5.11 Å². The molecular formula is C12H26N2O. The standard InChI is InChI=1S/C12H26N2O/c1-3-6-13-7-4-8-14-9-5-11(2)12(15)10-14/h11-13,15H,3-10H2,1-2H3. The molecule has 1 saturated heterocycles. The molecule has 1 aliphatic heterocycles. The third-order valence-corrected chi connectivity index (χ3v) is 3.26. The van der Waals surface area contributed by atoms with Crippen LogP contribution in [-0.2, 0) is 0 Å². The predicted octanol–water partition coefficient (Wildman–Crippen LogP) is 1.08. The number of rotatable bonds is 6. The Balaban J connectivity index is 2.02. The van der Waals surface area contributed by atoms with Crippen LogP contribution in [0.2, 0.25) is 0 Å². The lowest BCUT2D eigenvalue weighted by Gasteiger charge is -2.34. The molecule has 3 heteroatoms. The van der Waals surface area contributed by atoms with Gasteiger partial charge in [0.15, 0.2) is 0 Å². The number of hydrogen-bond acceptors (Lipinski definition) is 3. The summed E-state index contributed by atoms with van der Waals surface area (Å²) in [6.07, 6.45) is 3.44. The molecule has 0 amide bonds. The van der Waals surface area contributed by atoms with E-state index in [0.29, 0.717) is 5.92 Å². The van der Waals surface area contributed by atoms with Gasteiger partial charge < -0.3 is 15.3 Å². The van der Waals surface area contributed by atoms with Crippen LogP contribution in [0.3, 0.4) is 0 Å². The van der Waals surface area contributed by atoms with E-state index in [-0.39, 0.29) is 6.10 Å². The lowest BCUT2D eigenvalue weighted by atomic mass is 9.96. The maximum absolute atomic E-state index is 9.73. The molecular weight excluding hydrogens is 188 g/mol. The van der Waals surface area contributed by atoms with Crippen molar-refractivity contribution in [3.63, 3.8) is 0 Å². The Labute approximate surface area is 93.9 Å². The summed E-state index contributed by atoms with van der Waals surface area (Å²) in [5, 5.41) is 13.1. The molecule has 0 aromatic rings. The van der Waals surface area contributed by atoms with Crippen LogP contribution < -0.4 is 5.32 Å². The molecule has 1 fully saturated rings. The Hall–Kier alpha value is -0.120. The average molecular weight is 214 g/mol. The minimum absolute atomic E-state index is 0.109. The van der Waals surface area contributed by atoms with Gasteiger partial charge in [0.2, 0.25) is 0 Å². The van der Waals surface area contributed by atoms with Crippen molar-refractivity contribution in [1.29, 1.82) is 0 Å². The Morgan fingerprint density at radius 1 is 1.40 bits per heavy atom. The van der Waals surface area contributed by atoms with Crippen LogP contribution in [0.5, 0.6) is 0 Å². The minimum Gasteiger partial charge on any atom is -0.392 e. The van der Waals surface area contributed by atoms with Gasteiger partial charge in [-0.25, -0.2) is 0 Å². The average Bonchev–Trinajstić information content (AvgIpc) is 2.23. The summed E-state index contributed by atoms with van der Waals surface area (Å²) in [6.45, 7) is 9.72. The highest BCUT2D eigenvalue weighted by atomic mass is 16.3. The van der Waals surface area contributed by atoms with Gasteiger partial charge in [-0.1, -0.05) is 13.8 Å². The Bertz CT molecular complexity index is 164. The van der Waals surface area contributed by atoms with E-state index in [2.05, 4.69) is 24.1 Å². The van der Waals surface area contributed by atoms with E-state index < -0.39 is 0 Å². The molecule has 1 rings (SSSR count). The summed E-state index contributed by atoms with van der Waals surface area (Å²) in [4.78, 5) is 2.39. The zero-order valence-corrected chi connectivity index (χ0v) is 10.2. The predicted molar refractivity (Wildman–Crippen MR) is 64.0 cm³/mol. The lowest BCUT2D eigenvalue weighted by Crippen LogP contribution is -2.43. The molecule has 0 radical (unpaired) electrons. The minimum atomic E-state index is -0.109. The number of likely N-dealkylation sites (tertiary alicyclic amines) is 1. The molecule has 0 spiro atoms. The molecule has 15 heavy (non-hydrogen) atoms. The topological polar surface area (TPSA) is 35.5 Å². The highest BCUT2D eigenvalue weighted by Gasteiger charge is 2.23. The van der Waals surface area contributed by atoms with Crippen molar-refractivity contribution in [3.8, 4) is 0 Å². The summed E-state index contributed by atoms with van der Waals surface area (Å²) in [5.74, 6) is 0.486. The van der Waals surface area contributed by atoms with Crippen molar-refractivity contribution >= 4 is 0 Å². The van der Waals surface area contributed by atoms with Crippen molar-refractivity contribution in [2.24, 2.45) is 5.92 Å². The van der Waals surface area contributed by atoms with Crippen molar-refractivity contribution < 1.29 is 5.11 Å². The van der Waals surface area contributed by atoms with Crippen LogP contribution >= 0.6 is 0 Å². The number of hydrogen-bond donors (Lipinski definition) is 2. The SMILES string of the molecule is CCCNCCCN1CCC(C)C(O)C1. The molecule has 2 atom stereocenters. The molecule has 1 heterocycles. The molecule has 0 bridgehead atoms. The van der Waals surface area contributed by atoms with E-state index in [1.54, 1.807) is 0 Å². The van der Waals surface area contributed by atoms with Crippen LogP contribution in [0.15, 0.2) is 0 Å². The second-order valence-electron chi connectivity index (χ2n) is 4.74. The largest absolute Gasteiger partial charge is 0.392 e. The van der Waals surface area contributed by atoms with Gasteiger partial charge in [-0.15, -0.1) is 0 Å². The molecule has 0 saturated carbocycles. The molecule has 3 nitrogen and oxygen atoms in total. The molecule has 0 aromatic carbocycles. The van der Waals surface area contributed by atoms with Gasteiger partial charge in [0, 0.05) is 6.54 Å². The summed E-state index contributed by atoms with van der Waals surface area (Å²) < 4.78 is 0. The number of aliphatic hydroxyl groups is 1. The molecule has 1 aliphatic rings. The fourth-order valence-corrected chi connectivity index (χ4v) is 2.05. The van der Waals surface area contributed by atoms with Gasteiger partial charge in [0.25, 0.3) is 0 Å². The summed E-state index contributed by atoms with van der Waals surface area (Å²) in [7, 11) is 0. The van der Waals surface area contributed by atoms with Crippen LogP contribution in [0.25, 0.3) is 0 Å². The number of nitrogens with one attached hydrogen (secondary N) is 1. The first-order valence-electron chi connectivity index (χ1n) is 6.35. The third kappa shape index (κ3) is 4.96. The van der Waals surface area contributed by atoms with Crippen LogP contribution in [-0.4, -0.2) is 48.8 Å². The molecule has 2 unspecified atom stereocenters.